The van der Waals surface area contributed by atoms with Crippen molar-refractivity contribution >= 4 is 33.5 Å². The highest BCUT2D eigenvalue weighted by atomic mass is 79.9. The first kappa shape index (κ1) is 15.4. The van der Waals surface area contributed by atoms with Gasteiger partial charge in [-0.2, -0.15) is 0 Å². The lowest BCUT2D eigenvalue weighted by atomic mass is 10.1. The highest BCUT2D eigenvalue weighted by Gasteiger charge is 2.05. The maximum absolute atomic E-state index is 11.9. The average Bonchev–Trinajstić information content (AvgIpc) is 2.49. The van der Waals surface area contributed by atoms with E-state index >= 15 is 0 Å². The Morgan fingerprint density at radius 3 is 2.38 bits per heavy atom. The first-order valence-corrected chi connectivity index (χ1v) is 7.58. The fraction of sp³-hybridized carbons (Fsp3) is 0.267. The number of anilines is 2. The van der Waals surface area contributed by atoms with Crippen molar-refractivity contribution in [2.45, 2.75) is 19.8 Å². The Morgan fingerprint density at radius 1 is 1.10 bits per heavy atom. The third kappa shape index (κ3) is 5.15. The number of nitrogens with zero attached hydrogens (tertiary/aromatic N) is 2. The molecule has 0 saturated heterocycles. The Labute approximate surface area is 132 Å². The van der Waals surface area contributed by atoms with Gasteiger partial charge in [0.25, 0.3) is 0 Å². The van der Waals surface area contributed by atoms with E-state index in [4.69, 9.17) is 0 Å². The van der Waals surface area contributed by atoms with Crippen molar-refractivity contribution in [1.29, 1.82) is 0 Å². The Morgan fingerprint density at radius 2 is 1.76 bits per heavy atom. The molecular formula is C15H17BrN4O. The fourth-order valence-electron chi connectivity index (χ4n) is 1.72. The van der Waals surface area contributed by atoms with Gasteiger partial charge in [-0.15, -0.1) is 10.2 Å². The van der Waals surface area contributed by atoms with Gasteiger partial charge in [0, 0.05) is 11.0 Å². The van der Waals surface area contributed by atoms with Gasteiger partial charge in [0.15, 0.2) is 5.82 Å². The highest BCUT2D eigenvalue weighted by Crippen LogP contribution is 2.12. The second-order valence-corrected chi connectivity index (χ2v) is 5.50. The second-order valence-electron chi connectivity index (χ2n) is 4.58. The summed E-state index contributed by atoms with van der Waals surface area (Å²) in [4.78, 5) is 11.9. The van der Waals surface area contributed by atoms with Gasteiger partial charge >= 0.3 is 0 Å². The van der Waals surface area contributed by atoms with Crippen molar-refractivity contribution < 1.29 is 4.79 Å². The molecule has 110 valence electrons. The average molecular weight is 349 g/mol. The quantitative estimate of drug-likeness (QED) is 0.840. The summed E-state index contributed by atoms with van der Waals surface area (Å²) in [7, 11) is 0. The molecule has 2 aromatic rings. The number of hydrogen-bond acceptors (Lipinski definition) is 4. The van der Waals surface area contributed by atoms with E-state index in [0.29, 0.717) is 18.1 Å². The molecule has 1 amide bonds. The van der Waals surface area contributed by atoms with Gasteiger partial charge in [-0.1, -0.05) is 35.0 Å². The van der Waals surface area contributed by atoms with Crippen molar-refractivity contribution in [3.63, 3.8) is 0 Å². The number of nitrogens with one attached hydrogen (secondary N) is 2. The molecule has 0 spiro atoms. The number of rotatable bonds is 6. The van der Waals surface area contributed by atoms with E-state index in [9.17, 15) is 4.79 Å². The van der Waals surface area contributed by atoms with Crippen LogP contribution in [-0.2, 0) is 11.2 Å². The molecule has 0 aliphatic rings. The van der Waals surface area contributed by atoms with E-state index < -0.39 is 0 Å². The number of benzene rings is 1. The summed E-state index contributed by atoms with van der Waals surface area (Å²) in [6.07, 6.45) is 1.33. The summed E-state index contributed by atoms with van der Waals surface area (Å²) in [6.45, 7) is 2.93. The molecule has 21 heavy (non-hydrogen) atoms. The predicted molar refractivity (Wildman–Crippen MR) is 87.3 cm³/mol. The smallest absolute Gasteiger partial charge is 0.229 e. The van der Waals surface area contributed by atoms with Crippen LogP contribution in [0.5, 0.6) is 0 Å². The minimum absolute atomic E-state index is 0.110. The minimum Gasteiger partial charge on any atom is -0.369 e. The molecule has 1 aromatic heterocycles. The SMILES string of the molecule is CCCNc1ccc(NC(=O)Cc2ccc(Br)cc2)nn1. The molecule has 0 aliphatic heterocycles. The van der Waals surface area contributed by atoms with Crippen molar-refractivity contribution in [2.24, 2.45) is 0 Å². The van der Waals surface area contributed by atoms with Gasteiger partial charge in [-0.25, -0.2) is 0 Å². The van der Waals surface area contributed by atoms with Gasteiger partial charge in [0.2, 0.25) is 5.91 Å². The summed E-state index contributed by atoms with van der Waals surface area (Å²) in [5, 5.41) is 13.8. The zero-order valence-electron chi connectivity index (χ0n) is 11.8. The molecule has 5 nitrogen and oxygen atoms in total. The molecule has 2 rings (SSSR count). The summed E-state index contributed by atoms with van der Waals surface area (Å²) in [5.41, 5.74) is 0.949. The molecule has 0 unspecified atom stereocenters. The van der Waals surface area contributed by atoms with Crippen LogP contribution < -0.4 is 10.6 Å². The third-order valence-electron chi connectivity index (χ3n) is 2.77. The molecule has 0 fully saturated rings. The largest absolute Gasteiger partial charge is 0.369 e. The van der Waals surface area contributed by atoms with Crippen LogP contribution in [0.15, 0.2) is 40.9 Å². The van der Waals surface area contributed by atoms with Crippen LogP contribution in [0.4, 0.5) is 11.6 Å². The maximum atomic E-state index is 11.9. The number of aromatic nitrogens is 2. The monoisotopic (exact) mass is 348 g/mol. The van der Waals surface area contributed by atoms with Crippen LogP contribution in [0.2, 0.25) is 0 Å². The molecule has 0 bridgehead atoms. The Bertz CT molecular complexity index is 584. The van der Waals surface area contributed by atoms with Gasteiger partial charge in [0.1, 0.15) is 5.82 Å². The number of carbonyl (C=O) groups excluding carboxylic acids is 1. The molecule has 6 heteroatoms. The Balaban J connectivity index is 1.88. The van der Waals surface area contributed by atoms with Crippen molar-refractivity contribution in [3.05, 3.63) is 46.4 Å². The molecule has 1 heterocycles. The molecular weight excluding hydrogens is 332 g/mol. The summed E-state index contributed by atoms with van der Waals surface area (Å²) in [6, 6.07) is 11.2. The lowest BCUT2D eigenvalue weighted by Gasteiger charge is -2.06. The van der Waals surface area contributed by atoms with Crippen LogP contribution in [0.1, 0.15) is 18.9 Å². The summed E-state index contributed by atoms with van der Waals surface area (Å²) < 4.78 is 0.993. The molecule has 0 radical (unpaired) electrons. The first-order valence-electron chi connectivity index (χ1n) is 6.79. The molecule has 0 atom stereocenters. The fourth-order valence-corrected chi connectivity index (χ4v) is 1.99. The minimum atomic E-state index is -0.110. The van der Waals surface area contributed by atoms with Gasteiger partial charge in [-0.3, -0.25) is 4.79 Å². The lowest BCUT2D eigenvalue weighted by molar-refractivity contribution is -0.115. The molecule has 2 N–H and O–H groups in total. The van der Waals surface area contributed by atoms with Crippen molar-refractivity contribution in [2.75, 3.05) is 17.2 Å². The summed E-state index contributed by atoms with van der Waals surface area (Å²) in [5.74, 6) is 1.06. The van der Waals surface area contributed by atoms with Crippen molar-refractivity contribution in [1.82, 2.24) is 10.2 Å². The van der Waals surface area contributed by atoms with E-state index in [2.05, 4.69) is 43.7 Å². The van der Waals surface area contributed by atoms with Crippen LogP contribution >= 0.6 is 15.9 Å². The van der Waals surface area contributed by atoms with Crippen molar-refractivity contribution in [3.8, 4) is 0 Å². The maximum Gasteiger partial charge on any atom is 0.229 e. The lowest BCUT2D eigenvalue weighted by Crippen LogP contribution is -2.16. The van der Waals surface area contributed by atoms with Gasteiger partial charge in [-0.05, 0) is 36.2 Å². The number of amides is 1. The molecule has 1 aromatic carbocycles. The topological polar surface area (TPSA) is 66.9 Å². The van der Waals surface area contributed by atoms with Crippen LogP contribution in [0.25, 0.3) is 0 Å². The second kappa shape index (κ2) is 7.73. The number of hydrogen-bond donors (Lipinski definition) is 2. The normalized spacial score (nSPS) is 10.2. The van der Waals surface area contributed by atoms with Crippen LogP contribution in [0.3, 0.4) is 0 Å². The number of carbonyl (C=O) groups is 1. The molecule has 0 saturated carbocycles. The standard InChI is InChI=1S/C15H17BrN4O/c1-2-9-17-13-7-8-14(20-19-13)18-15(21)10-11-3-5-12(16)6-4-11/h3-8H,2,9-10H2,1H3,(H,17,19)(H,18,20,21). The highest BCUT2D eigenvalue weighted by molar-refractivity contribution is 9.10. The van der Waals surface area contributed by atoms with Crippen LogP contribution in [0, 0.1) is 0 Å². The van der Waals surface area contributed by atoms with E-state index in [1.54, 1.807) is 12.1 Å². The third-order valence-corrected chi connectivity index (χ3v) is 3.29. The van der Waals surface area contributed by atoms with Gasteiger partial charge < -0.3 is 10.6 Å². The van der Waals surface area contributed by atoms with E-state index in [1.165, 1.54) is 0 Å². The predicted octanol–water partition coefficient (Wildman–Crippen LogP) is 3.24. The van der Waals surface area contributed by atoms with Gasteiger partial charge in [0.05, 0.1) is 6.42 Å². The first-order chi connectivity index (χ1) is 10.2. The Kier molecular flexibility index (Phi) is 5.68. The van der Waals surface area contributed by atoms with E-state index in [1.807, 2.05) is 24.3 Å². The zero-order chi connectivity index (χ0) is 15.1. The van der Waals surface area contributed by atoms with Crippen LogP contribution in [-0.4, -0.2) is 22.6 Å². The Hall–Kier alpha value is -1.95. The zero-order valence-corrected chi connectivity index (χ0v) is 13.4. The summed E-state index contributed by atoms with van der Waals surface area (Å²) >= 11 is 3.37. The number of halogens is 1. The van der Waals surface area contributed by atoms with E-state index in [0.717, 1.165) is 23.0 Å². The van der Waals surface area contributed by atoms with E-state index in [-0.39, 0.29) is 5.91 Å². The molecule has 0 aliphatic carbocycles.